The molecule has 2 rings (SSSR count). The first kappa shape index (κ1) is 13.9. The molecule has 1 aromatic rings. The highest BCUT2D eigenvalue weighted by Gasteiger charge is 2.36. The van der Waals surface area contributed by atoms with Crippen LogP contribution in [0.3, 0.4) is 0 Å². The Balaban J connectivity index is 1.88. The average molecular weight is 282 g/mol. The number of aryl methyl sites for hydroxylation is 1. The van der Waals surface area contributed by atoms with Crippen molar-refractivity contribution in [1.82, 2.24) is 10.2 Å². The van der Waals surface area contributed by atoms with Gasteiger partial charge in [-0.3, -0.25) is 4.79 Å². The van der Waals surface area contributed by atoms with Gasteiger partial charge in [0.15, 0.2) is 0 Å². The first-order valence-corrected chi connectivity index (χ1v) is 7.20. The van der Waals surface area contributed by atoms with Crippen molar-refractivity contribution >= 4 is 23.3 Å². The summed E-state index contributed by atoms with van der Waals surface area (Å²) in [4.78, 5) is 24.6. The Morgan fingerprint density at radius 2 is 2.21 bits per heavy atom. The van der Waals surface area contributed by atoms with Gasteiger partial charge in [0, 0.05) is 19.6 Å². The van der Waals surface area contributed by atoms with Crippen molar-refractivity contribution in [3.8, 4) is 0 Å². The van der Waals surface area contributed by atoms with Crippen LogP contribution >= 0.6 is 11.3 Å². The summed E-state index contributed by atoms with van der Waals surface area (Å²) in [5.41, 5.74) is 2.28. The van der Waals surface area contributed by atoms with Gasteiger partial charge >= 0.3 is 12.0 Å². The van der Waals surface area contributed by atoms with Crippen LogP contribution in [0, 0.1) is 18.8 Å². The SMILES string of the molecule is Cc1cscc1CNC(=O)N1CC(C)C(C(=O)O)C1. The van der Waals surface area contributed by atoms with Crippen molar-refractivity contribution in [2.45, 2.75) is 20.4 Å². The number of nitrogens with zero attached hydrogens (tertiary/aromatic N) is 1. The lowest BCUT2D eigenvalue weighted by molar-refractivity contribution is -0.142. The van der Waals surface area contributed by atoms with Crippen LogP contribution < -0.4 is 5.32 Å². The predicted octanol–water partition coefficient (Wildman–Crippen LogP) is 1.92. The zero-order chi connectivity index (χ0) is 14.0. The molecule has 5 nitrogen and oxygen atoms in total. The minimum atomic E-state index is -0.823. The smallest absolute Gasteiger partial charge is 0.317 e. The number of amides is 2. The molecule has 104 valence electrons. The Morgan fingerprint density at radius 1 is 1.47 bits per heavy atom. The monoisotopic (exact) mass is 282 g/mol. The van der Waals surface area contributed by atoms with Gasteiger partial charge in [-0.2, -0.15) is 11.3 Å². The number of likely N-dealkylation sites (tertiary alicyclic amines) is 1. The number of rotatable bonds is 3. The topological polar surface area (TPSA) is 69.6 Å². The van der Waals surface area contributed by atoms with Gasteiger partial charge in [0.25, 0.3) is 0 Å². The van der Waals surface area contributed by atoms with E-state index < -0.39 is 11.9 Å². The Labute approximate surface area is 116 Å². The number of aliphatic carboxylic acids is 1. The van der Waals surface area contributed by atoms with Crippen LogP contribution in [-0.2, 0) is 11.3 Å². The van der Waals surface area contributed by atoms with Crippen LogP contribution in [0.5, 0.6) is 0 Å². The molecule has 0 spiro atoms. The zero-order valence-corrected chi connectivity index (χ0v) is 11.9. The molecule has 2 amide bonds. The van der Waals surface area contributed by atoms with Crippen LogP contribution in [-0.4, -0.2) is 35.1 Å². The summed E-state index contributed by atoms with van der Waals surface area (Å²) in [6, 6.07) is -0.179. The van der Waals surface area contributed by atoms with Crippen molar-refractivity contribution < 1.29 is 14.7 Å². The summed E-state index contributed by atoms with van der Waals surface area (Å²) in [5.74, 6) is -1.27. The third-order valence-electron chi connectivity index (χ3n) is 3.61. The molecule has 1 aliphatic heterocycles. The van der Waals surface area contributed by atoms with Crippen molar-refractivity contribution in [2.24, 2.45) is 11.8 Å². The zero-order valence-electron chi connectivity index (χ0n) is 11.0. The first-order valence-electron chi connectivity index (χ1n) is 6.26. The van der Waals surface area contributed by atoms with Crippen LogP contribution in [0.2, 0.25) is 0 Å². The second kappa shape index (κ2) is 5.61. The van der Waals surface area contributed by atoms with E-state index in [1.807, 2.05) is 24.6 Å². The third-order valence-corrected chi connectivity index (χ3v) is 4.52. The van der Waals surface area contributed by atoms with Crippen LogP contribution in [0.25, 0.3) is 0 Å². The molecular weight excluding hydrogens is 264 g/mol. The summed E-state index contributed by atoms with van der Waals surface area (Å²) in [5, 5.41) is 15.9. The lowest BCUT2D eigenvalue weighted by atomic mass is 9.99. The molecule has 2 N–H and O–H groups in total. The fraction of sp³-hybridized carbons (Fsp3) is 0.538. The van der Waals surface area contributed by atoms with E-state index in [2.05, 4.69) is 5.32 Å². The van der Waals surface area contributed by atoms with Crippen molar-refractivity contribution in [3.05, 3.63) is 21.9 Å². The number of hydrogen-bond donors (Lipinski definition) is 2. The largest absolute Gasteiger partial charge is 0.481 e. The maximum Gasteiger partial charge on any atom is 0.317 e. The molecule has 19 heavy (non-hydrogen) atoms. The van der Waals surface area contributed by atoms with E-state index in [0.29, 0.717) is 19.6 Å². The maximum absolute atomic E-state index is 12.0. The van der Waals surface area contributed by atoms with Crippen molar-refractivity contribution in [2.75, 3.05) is 13.1 Å². The number of thiophene rings is 1. The molecule has 1 fully saturated rings. The molecule has 1 aliphatic rings. The van der Waals surface area contributed by atoms with Crippen molar-refractivity contribution in [1.29, 1.82) is 0 Å². The second-order valence-electron chi connectivity index (χ2n) is 5.07. The number of urea groups is 1. The van der Waals surface area contributed by atoms with Gasteiger partial charge in [0.1, 0.15) is 0 Å². The van der Waals surface area contributed by atoms with Gasteiger partial charge in [-0.15, -0.1) is 0 Å². The molecule has 0 aromatic carbocycles. The molecule has 1 aromatic heterocycles. The van der Waals surface area contributed by atoms with Crippen LogP contribution in [0.4, 0.5) is 4.79 Å². The highest BCUT2D eigenvalue weighted by Crippen LogP contribution is 2.23. The van der Waals surface area contributed by atoms with E-state index in [1.54, 1.807) is 16.2 Å². The number of carbonyl (C=O) groups excluding carboxylic acids is 1. The molecule has 6 heteroatoms. The average Bonchev–Trinajstić information content (AvgIpc) is 2.92. The highest BCUT2D eigenvalue weighted by atomic mass is 32.1. The Morgan fingerprint density at radius 3 is 2.74 bits per heavy atom. The standard InChI is InChI=1S/C13H18N2O3S/c1-8-4-15(5-11(8)12(16)17)13(18)14-3-10-7-19-6-9(10)2/h6-8,11H,3-5H2,1-2H3,(H,14,18)(H,16,17). The number of hydrogen-bond acceptors (Lipinski definition) is 3. The number of carboxylic acid groups (broad SMARTS) is 1. The van der Waals surface area contributed by atoms with Gasteiger partial charge in [-0.1, -0.05) is 6.92 Å². The van der Waals surface area contributed by atoms with Crippen molar-refractivity contribution in [3.63, 3.8) is 0 Å². The van der Waals surface area contributed by atoms with Gasteiger partial charge < -0.3 is 15.3 Å². The van der Waals surface area contributed by atoms with Gasteiger partial charge in [0.2, 0.25) is 0 Å². The number of carboxylic acids is 1. The molecule has 0 saturated carbocycles. The fourth-order valence-corrected chi connectivity index (χ4v) is 3.16. The van der Waals surface area contributed by atoms with Crippen LogP contribution in [0.1, 0.15) is 18.1 Å². The number of nitrogens with one attached hydrogen (secondary N) is 1. The molecule has 2 heterocycles. The summed E-state index contributed by atoms with van der Waals surface area (Å²) in [6.45, 7) is 5.18. The van der Waals surface area contributed by atoms with E-state index in [4.69, 9.17) is 5.11 Å². The molecule has 1 saturated heterocycles. The van der Waals surface area contributed by atoms with Gasteiger partial charge in [0.05, 0.1) is 5.92 Å². The summed E-state index contributed by atoms with van der Waals surface area (Å²) in [6.07, 6.45) is 0. The summed E-state index contributed by atoms with van der Waals surface area (Å²) >= 11 is 1.61. The normalized spacial score (nSPS) is 22.5. The van der Waals surface area contributed by atoms with Gasteiger partial charge in [-0.25, -0.2) is 4.79 Å². The first-order chi connectivity index (χ1) is 8.99. The molecule has 0 radical (unpaired) electrons. The Kier molecular flexibility index (Phi) is 4.09. The predicted molar refractivity (Wildman–Crippen MR) is 73.2 cm³/mol. The molecule has 0 bridgehead atoms. The highest BCUT2D eigenvalue weighted by molar-refractivity contribution is 7.08. The van der Waals surface area contributed by atoms with Crippen LogP contribution in [0.15, 0.2) is 10.8 Å². The minimum absolute atomic E-state index is 0.00568. The summed E-state index contributed by atoms with van der Waals surface area (Å²) in [7, 11) is 0. The van der Waals surface area contributed by atoms with E-state index in [9.17, 15) is 9.59 Å². The van der Waals surface area contributed by atoms with E-state index in [1.165, 1.54) is 5.56 Å². The van der Waals surface area contributed by atoms with E-state index in [-0.39, 0.29) is 11.9 Å². The van der Waals surface area contributed by atoms with E-state index in [0.717, 1.165) is 5.56 Å². The molecule has 0 aliphatic carbocycles. The minimum Gasteiger partial charge on any atom is -0.481 e. The maximum atomic E-state index is 12.0. The lowest BCUT2D eigenvalue weighted by Gasteiger charge is -2.16. The third kappa shape index (κ3) is 3.07. The summed E-state index contributed by atoms with van der Waals surface area (Å²) < 4.78 is 0. The quantitative estimate of drug-likeness (QED) is 0.890. The molecule has 2 unspecified atom stereocenters. The number of carbonyl (C=O) groups is 2. The Bertz CT molecular complexity index is 486. The fourth-order valence-electron chi connectivity index (χ4n) is 2.30. The second-order valence-corrected chi connectivity index (χ2v) is 5.81. The van der Waals surface area contributed by atoms with Gasteiger partial charge in [-0.05, 0) is 34.7 Å². The molecular formula is C13H18N2O3S. The molecule has 2 atom stereocenters. The Hall–Kier alpha value is -1.56. The van der Waals surface area contributed by atoms with E-state index >= 15 is 0 Å². The lowest BCUT2D eigenvalue weighted by Crippen LogP contribution is -2.38.